The minimum Gasteiger partial charge on any atom is -0.474 e. The van der Waals surface area contributed by atoms with Gasteiger partial charge in [0.15, 0.2) is 0 Å². The SMILES string of the molecule is CCC(CC)Oc1ccc(-c2ccc([C@H]3CCC(c4c(F)cccc4F)=N3)c(Cl)c2)cn1. The predicted octanol–water partition coefficient (Wildman–Crippen LogP) is 7.57. The van der Waals surface area contributed by atoms with Crippen molar-refractivity contribution in [2.24, 2.45) is 4.99 Å². The predicted molar refractivity (Wildman–Crippen MR) is 125 cm³/mol. The molecular weight excluding hydrogens is 430 g/mol. The summed E-state index contributed by atoms with van der Waals surface area (Å²) in [6.07, 6.45) is 4.97. The van der Waals surface area contributed by atoms with E-state index in [9.17, 15) is 8.78 Å². The number of rotatable bonds is 7. The van der Waals surface area contributed by atoms with Gasteiger partial charge in [-0.25, -0.2) is 13.8 Å². The number of hydrogen-bond donors (Lipinski definition) is 0. The second-order valence-corrected chi connectivity index (χ2v) is 8.31. The highest BCUT2D eigenvalue weighted by molar-refractivity contribution is 6.31. The number of aromatic nitrogens is 1. The standard InChI is InChI=1S/C26H25ClF2N2O/c1-3-18(4-2)32-25-13-9-17(15-30-25)16-8-10-19(20(27)14-16)23-11-12-24(31-23)26-21(28)6-5-7-22(26)29/h5-10,13-15,18,23H,3-4,11-12H2,1-2H3/t23-/m1/s1. The fourth-order valence-electron chi connectivity index (χ4n) is 4.00. The molecule has 6 heteroatoms. The summed E-state index contributed by atoms with van der Waals surface area (Å²) in [5.74, 6) is -0.566. The molecule has 0 spiro atoms. The number of hydrogen-bond acceptors (Lipinski definition) is 3. The molecule has 0 saturated heterocycles. The Hall–Kier alpha value is -2.79. The zero-order valence-electron chi connectivity index (χ0n) is 18.1. The smallest absolute Gasteiger partial charge is 0.213 e. The monoisotopic (exact) mass is 454 g/mol. The van der Waals surface area contributed by atoms with Crippen molar-refractivity contribution in [3.8, 4) is 17.0 Å². The van der Waals surface area contributed by atoms with Crippen molar-refractivity contribution in [3.63, 3.8) is 0 Å². The molecule has 0 saturated carbocycles. The summed E-state index contributed by atoms with van der Waals surface area (Å²) < 4.78 is 34.1. The Morgan fingerprint density at radius 2 is 1.75 bits per heavy atom. The maximum absolute atomic E-state index is 14.1. The van der Waals surface area contributed by atoms with Crippen LogP contribution in [-0.2, 0) is 0 Å². The third kappa shape index (κ3) is 4.68. The second kappa shape index (κ2) is 9.78. The highest BCUT2D eigenvalue weighted by Gasteiger charge is 2.25. The van der Waals surface area contributed by atoms with Crippen molar-refractivity contribution >= 4 is 17.3 Å². The van der Waals surface area contributed by atoms with Crippen molar-refractivity contribution < 1.29 is 13.5 Å². The number of benzene rings is 2. The van der Waals surface area contributed by atoms with Gasteiger partial charge in [-0.2, -0.15) is 0 Å². The van der Waals surface area contributed by atoms with E-state index in [1.54, 1.807) is 6.20 Å². The summed E-state index contributed by atoms with van der Waals surface area (Å²) >= 11 is 6.59. The van der Waals surface area contributed by atoms with E-state index in [2.05, 4.69) is 23.8 Å². The first kappa shape index (κ1) is 22.4. The Labute approximate surface area is 192 Å². The van der Waals surface area contributed by atoms with Crippen molar-refractivity contribution in [1.82, 2.24) is 4.98 Å². The van der Waals surface area contributed by atoms with Crippen LogP contribution in [0.25, 0.3) is 11.1 Å². The average Bonchev–Trinajstić information content (AvgIpc) is 3.27. The van der Waals surface area contributed by atoms with Crippen molar-refractivity contribution in [2.45, 2.75) is 51.7 Å². The van der Waals surface area contributed by atoms with Crippen molar-refractivity contribution in [1.29, 1.82) is 0 Å². The van der Waals surface area contributed by atoms with Gasteiger partial charge in [-0.05, 0) is 61.1 Å². The third-order valence-electron chi connectivity index (χ3n) is 5.84. The maximum atomic E-state index is 14.1. The van der Waals surface area contributed by atoms with Crippen LogP contribution in [0.5, 0.6) is 5.88 Å². The van der Waals surface area contributed by atoms with E-state index < -0.39 is 11.6 Å². The molecule has 0 N–H and O–H groups in total. The van der Waals surface area contributed by atoms with E-state index >= 15 is 0 Å². The van der Waals surface area contributed by atoms with Gasteiger partial charge in [-0.15, -0.1) is 0 Å². The summed E-state index contributed by atoms with van der Waals surface area (Å²) in [6.45, 7) is 4.19. The minimum atomic E-state index is -0.588. The number of ether oxygens (including phenoxy) is 1. The van der Waals surface area contributed by atoms with Gasteiger partial charge in [0.1, 0.15) is 11.6 Å². The zero-order valence-corrected chi connectivity index (χ0v) is 18.9. The van der Waals surface area contributed by atoms with Crippen LogP contribution in [0.15, 0.2) is 59.7 Å². The van der Waals surface area contributed by atoms with Gasteiger partial charge < -0.3 is 4.74 Å². The fourth-order valence-corrected chi connectivity index (χ4v) is 4.31. The normalized spacial score (nSPS) is 15.8. The Morgan fingerprint density at radius 3 is 2.38 bits per heavy atom. The highest BCUT2D eigenvalue weighted by atomic mass is 35.5. The van der Waals surface area contributed by atoms with Crippen LogP contribution < -0.4 is 4.74 Å². The third-order valence-corrected chi connectivity index (χ3v) is 6.17. The second-order valence-electron chi connectivity index (χ2n) is 7.90. The van der Waals surface area contributed by atoms with E-state index in [-0.39, 0.29) is 17.7 Å². The summed E-state index contributed by atoms with van der Waals surface area (Å²) in [5.41, 5.74) is 3.12. The van der Waals surface area contributed by atoms with Crippen LogP contribution in [0, 0.1) is 11.6 Å². The molecule has 1 atom stereocenters. The lowest BCUT2D eigenvalue weighted by Crippen LogP contribution is -2.14. The summed E-state index contributed by atoms with van der Waals surface area (Å²) in [6, 6.07) is 13.3. The molecule has 1 aliphatic rings. The summed E-state index contributed by atoms with van der Waals surface area (Å²) in [5, 5.41) is 0.573. The summed E-state index contributed by atoms with van der Waals surface area (Å²) in [4.78, 5) is 9.01. The van der Waals surface area contributed by atoms with Gasteiger partial charge in [0.25, 0.3) is 0 Å². The molecule has 1 aliphatic heterocycles. The molecule has 0 radical (unpaired) electrons. The first-order chi connectivity index (χ1) is 15.5. The van der Waals surface area contributed by atoms with E-state index in [1.807, 2.05) is 30.3 Å². The van der Waals surface area contributed by atoms with E-state index in [0.29, 0.717) is 29.5 Å². The van der Waals surface area contributed by atoms with Gasteiger partial charge in [0.05, 0.1) is 17.7 Å². The van der Waals surface area contributed by atoms with E-state index in [4.69, 9.17) is 16.3 Å². The Morgan fingerprint density at radius 1 is 1.03 bits per heavy atom. The molecule has 1 aromatic heterocycles. The Kier molecular flexibility index (Phi) is 6.85. The topological polar surface area (TPSA) is 34.5 Å². The van der Waals surface area contributed by atoms with Crippen LogP contribution in [0.2, 0.25) is 5.02 Å². The van der Waals surface area contributed by atoms with Crippen LogP contribution in [0.4, 0.5) is 8.78 Å². The number of aliphatic imine (C=N–C) groups is 1. The lowest BCUT2D eigenvalue weighted by Gasteiger charge is -2.15. The first-order valence-electron chi connectivity index (χ1n) is 10.9. The van der Waals surface area contributed by atoms with Crippen molar-refractivity contribution in [3.05, 3.63) is 82.5 Å². The van der Waals surface area contributed by atoms with Gasteiger partial charge >= 0.3 is 0 Å². The first-order valence-corrected chi connectivity index (χ1v) is 11.3. The van der Waals surface area contributed by atoms with Crippen molar-refractivity contribution in [2.75, 3.05) is 0 Å². The van der Waals surface area contributed by atoms with E-state index in [1.165, 1.54) is 18.2 Å². The molecule has 0 amide bonds. The van der Waals surface area contributed by atoms with Gasteiger partial charge in [-0.1, -0.05) is 43.6 Å². The van der Waals surface area contributed by atoms with Crippen LogP contribution in [0.3, 0.4) is 0 Å². The molecule has 0 fully saturated rings. The van der Waals surface area contributed by atoms with Crippen LogP contribution in [0.1, 0.15) is 56.7 Å². The Bertz CT molecular complexity index is 1110. The number of pyridine rings is 1. The highest BCUT2D eigenvalue weighted by Crippen LogP contribution is 2.37. The maximum Gasteiger partial charge on any atom is 0.213 e. The quantitative estimate of drug-likeness (QED) is 0.369. The molecule has 32 heavy (non-hydrogen) atoms. The molecular formula is C26H25ClF2N2O. The molecule has 0 aliphatic carbocycles. The molecule has 2 heterocycles. The molecule has 3 aromatic rings. The molecule has 166 valence electrons. The fraction of sp³-hybridized carbons (Fsp3) is 0.308. The van der Waals surface area contributed by atoms with Gasteiger partial charge in [0, 0.05) is 28.6 Å². The zero-order chi connectivity index (χ0) is 22.7. The molecule has 2 aromatic carbocycles. The minimum absolute atomic E-state index is 0.0375. The number of nitrogens with zero attached hydrogens (tertiary/aromatic N) is 2. The largest absolute Gasteiger partial charge is 0.474 e. The van der Waals surface area contributed by atoms with E-state index in [0.717, 1.165) is 29.5 Å². The molecule has 3 nitrogen and oxygen atoms in total. The lowest BCUT2D eigenvalue weighted by molar-refractivity contribution is 0.185. The number of halogens is 3. The molecule has 4 rings (SSSR count). The summed E-state index contributed by atoms with van der Waals surface area (Å²) in [7, 11) is 0. The molecule has 0 bridgehead atoms. The van der Waals surface area contributed by atoms with Gasteiger partial charge in [-0.3, -0.25) is 4.99 Å². The lowest BCUT2D eigenvalue weighted by atomic mass is 9.99. The van der Waals surface area contributed by atoms with Crippen LogP contribution in [-0.4, -0.2) is 16.8 Å². The average molecular weight is 455 g/mol. The Balaban J connectivity index is 1.53. The van der Waals surface area contributed by atoms with Crippen LogP contribution >= 0.6 is 11.6 Å². The molecule has 0 unspecified atom stereocenters. The van der Waals surface area contributed by atoms with Gasteiger partial charge in [0.2, 0.25) is 5.88 Å².